The number of rotatable bonds is 20. The van der Waals surface area contributed by atoms with E-state index < -0.39 is 11.9 Å². The zero-order chi connectivity index (χ0) is 25.0. The molecule has 0 aliphatic rings. The number of ether oxygens (including phenoxy) is 4. The summed E-state index contributed by atoms with van der Waals surface area (Å²) in [4.78, 5) is 24.7. The summed E-state index contributed by atoms with van der Waals surface area (Å²) in [7, 11) is 0. The Hall–Kier alpha value is -1.92. The van der Waals surface area contributed by atoms with Gasteiger partial charge >= 0.3 is 11.9 Å². The largest absolute Gasteiger partial charge is 0.460 e. The predicted molar refractivity (Wildman–Crippen MR) is 135 cm³/mol. The topological polar surface area (TPSA) is 71.1 Å². The lowest BCUT2D eigenvalue weighted by Gasteiger charge is -2.15. The zero-order valence-electron chi connectivity index (χ0n) is 21.8. The summed E-state index contributed by atoms with van der Waals surface area (Å²) in [5.74, 6) is 0.158. The van der Waals surface area contributed by atoms with Crippen molar-refractivity contribution in [2.24, 2.45) is 11.8 Å². The highest BCUT2D eigenvalue weighted by molar-refractivity contribution is 5.95. The summed E-state index contributed by atoms with van der Waals surface area (Å²) in [6.45, 7) is 11.2. The molecule has 0 aliphatic carbocycles. The van der Waals surface area contributed by atoms with Crippen LogP contribution in [0.1, 0.15) is 99.8 Å². The van der Waals surface area contributed by atoms with Gasteiger partial charge in [0.2, 0.25) is 0 Å². The minimum absolute atomic E-state index is 0.187. The summed E-state index contributed by atoms with van der Waals surface area (Å²) >= 11 is 0. The molecule has 0 radical (unpaired) electrons. The van der Waals surface area contributed by atoms with Gasteiger partial charge in [0.1, 0.15) is 13.2 Å². The number of esters is 2. The molecule has 0 heterocycles. The Morgan fingerprint density at radius 3 is 1.53 bits per heavy atom. The molecule has 0 bridgehead atoms. The van der Waals surface area contributed by atoms with Gasteiger partial charge in [0.25, 0.3) is 0 Å². The van der Waals surface area contributed by atoms with E-state index in [0.29, 0.717) is 49.4 Å². The molecule has 0 saturated heterocycles. The van der Waals surface area contributed by atoms with Gasteiger partial charge in [0.05, 0.1) is 24.3 Å². The van der Waals surface area contributed by atoms with Crippen LogP contribution in [0.4, 0.5) is 0 Å². The van der Waals surface area contributed by atoms with E-state index >= 15 is 0 Å². The van der Waals surface area contributed by atoms with E-state index in [9.17, 15) is 9.59 Å². The molecule has 0 N–H and O–H groups in total. The Balaban J connectivity index is 2.32. The number of unbranched alkanes of at least 4 members (excludes halogenated alkanes) is 2. The van der Waals surface area contributed by atoms with Crippen molar-refractivity contribution in [3.8, 4) is 0 Å². The first kappa shape index (κ1) is 30.1. The van der Waals surface area contributed by atoms with Gasteiger partial charge in [-0.1, -0.05) is 72.3 Å². The van der Waals surface area contributed by atoms with E-state index in [2.05, 4.69) is 27.7 Å². The van der Waals surface area contributed by atoms with Crippen molar-refractivity contribution < 1.29 is 28.5 Å². The maximum absolute atomic E-state index is 12.3. The van der Waals surface area contributed by atoms with Crippen molar-refractivity contribution >= 4 is 11.9 Å². The van der Waals surface area contributed by atoms with Crippen LogP contribution in [0.25, 0.3) is 0 Å². The molecule has 1 aromatic rings. The molecule has 1 rings (SSSR count). The third-order valence-electron chi connectivity index (χ3n) is 6.05. The van der Waals surface area contributed by atoms with E-state index in [1.165, 1.54) is 44.6 Å². The molecular formula is C28H46O6. The number of hydrogen-bond donors (Lipinski definition) is 0. The number of carbonyl (C=O) groups excluding carboxylic acids is 2. The number of hydrogen-bond acceptors (Lipinski definition) is 6. The first-order valence-corrected chi connectivity index (χ1v) is 13.1. The molecule has 6 heteroatoms. The maximum Gasteiger partial charge on any atom is 0.338 e. The van der Waals surface area contributed by atoms with Crippen molar-refractivity contribution in [2.75, 3.05) is 39.6 Å². The van der Waals surface area contributed by atoms with Crippen molar-refractivity contribution in [2.45, 2.75) is 79.1 Å². The van der Waals surface area contributed by atoms with Crippen LogP contribution in [0.15, 0.2) is 24.3 Å². The third-order valence-corrected chi connectivity index (χ3v) is 6.05. The van der Waals surface area contributed by atoms with Crippen molar-refractivity contribution in [3.05, 3.63) is 35.4 Å². The molecule has 2 unspecified atom stereocenters. The van der Waals surface area contributed by atoms with Gasteiger partial charge in [-0.25, -0.2) is 9.59 Å². The van der Waals surface area contributed by atoms with E-state index in [1.807, 2.05) is 0 Å². The van der Waals surface area contributed by atoms with Crippen LogP contribution in [0.5, 0.6) is 0 Å². The van der Waals surface area contributed by atoms with E-state index in [0.717, 1.165) is 12.8 Å². The monoisotopic (exact) mass is 478 g/mol. The minimum atomic E-state index is -0.475. The lowest BCUT2D eigenvalue weighted by molar-refractivity contribution is 0.0242. The average molecular weight is 479 g/mol. The van der Waals surface area contributed by atoms with Crippen LogP contribution in [0.3, 0.4) is 0 Å². The first-order chi connectivity index (χ1) is 16.5. The minimum Gasteiger partial charge on any atom is -0.460 e. The SMILES string of the molecule is CCCCC(CC)COCCOC(=O)c1cccc(C(=O)OCCOCC(CC)CCCC)c1. The van der Waals surface area contributed by atoms with Gasteiger partial charge in [0.15, 0.2) is 0 Å². The lowest BCUT2D eigenvalue weighted by Crippen LogP contribution is -2.16. The fourth-order valence-corrected chi connectivity index (χ4v) is 3.62. The average Bonchev–Trinajstić information content (AvgIpc) is 2.87. The molecule has 0 amide bonds. The summed E-state index contributed by atoms with van der Waals surface area (Å²) in [6, 6.07) is 6.41. The van der Waals surface area contributed by atoms with Gasteiger partial charge in [-0.15, -0.1) is 0 Å². The Kier molecular flexibility index (Phi) is 17.2. The molecule has 0 saturated carbocycles. The summed E-state index contributed by atoms with van der Waals surface area (Å²) in [5, 5.41) is 0. The molecular weight excluding hydrogens is 432 g/mol. The Bertz CT molecular complexity index is 621. The molecule has 1 aromatic carbocycles. The van der Waals surface area contributed by atoms with E-state index in [-0.39, 0.29) is 13.2 Å². The van der Waals surface area contributed by atoms with Crippen LogP contribution in [0, 0.1) is 11.8 Å². The fourth-order valence-electron chi connectivity index (χ4n) is 3.62. The highest BCUT2D eigenvalue weighted by Crippen LogP contribution is 2.14. The molecule has 0 aliphatic heterocycles. The van der Waals surface area contributed by atoms with Gasteiger partial charge < -0.3 is 18.9 Å². The maximum atomic E-state index is 12.3. The second-order valence-corrected chi connectivity index (χ2v) is 8.84. The molecule has 0 spiro atoms. The Labute approximate surface area is 206 Å². The first-order valence-electron chi connectivity index (χ1n) is 13.1. The van der Waals surface area contributed by atoms with Gasteiger partial charge in [0, 0.05) is 13.2 Å². The Morgan fingerprint density at radius 2 is 1.15 bits per heavy atom. The summed E-state index contributed by atoms with van der Waals surface area (Å²) < 4.78 is 21.9. The van der Waals surface area contributed by atoms with E-state index in [4.69, 9.17) is 18.9 Å². The second-order valence-electron chi connectivity index (χ2n) is 8.84. The van der Waals surface area contributed by atoms with Crippen molar-refractivity contribution in [3.63, 3.8) is 0 Å². The van der Waals surface area contributed by atoms with Crippen LogP contribution >= 0.6 is 0 Å². The van der Waals surface area contributed by atoms with Crippen LogP contribution in [-0.2, 0) is 18.9 Å². The van der Waals surface area contributed by atoms with Gasteiger partial charge in [-0.2, -0.15) is 0 Å². The van der Waals surface area contributed by atoms with Crippen LogP contribution in [-0.4, -0.2) is 51.6 Å². The van der Waals surface area contributed by atoms with Crippen LogP contribution in [0.2, 0.25) is 0 Å². The molecule has 0 aromatic heterocycles. The molecule has 6 nitrogen and oxygen atoms in total. The van der Waals surface area contributed by atoms with Crippen molar-refractivity contribution in [1.29, 1.82) is 0 Å². The van der Waals surface area contributed by atoms with Crippen molar-refractivity contribution in [1.82, 2.24) is 0 Å². The predicted octanol–water partition coefficient (Wildman–Crippen LogP) is 6.47. The lowest BCUT2D eigenvalue weighted by atomic mass is 10.0. The summed E-state index contributed by atoms with van der Waals surface area (Å²) in [5.41, 5.74) is 0.642. The highest BCUT2D eigenvalue weighted by Gasteiger charge is 2.13. The molecule has 34 heavy (non-hydrogen) atoms. The third kappa shape index (κ3) is 13.1. The zero-order valence-corrected chi connectivity index (χ0v) is 21.8. The molecule has 2 atom stereocenters. The standard InChI is InChI=1S/C28H46O6/c1-5-9-12-23(7-3)21-31-16-18-33-27(29)25-14-11-15-26(20-25)28(30)34-19-17-32-22-24(8-4)13-10-6-2/h11,14-15,20,23-24H,5-10,12-13,16-19,21-22H2,1-4H3. The highest BCUT2D eigenvalue weighted by atomic mass is 16.6. The number of carbonyl (C=O) groups is 2. The number of benzene rings is 1. The molecule has 0 fully saturated rings. The normalized spacial score (nSPS) is 12.8. The van der Waals surface area contributed by atoms with Gasteiger partial charge in [-0.05, 0) is 42.9 Å². The summed E-state index contributed by atoms with van der Waals surface area (Å²) in [6.07, 6.45) is 9.31. The molecule has 194 valence electrons. The van der Waals surface area contributed by atoms with E-state index in [1.54, 1.807) is 18.2 Å². The quantitative estimate of drug-likeness (QED) is 0.158. The van der Waals surface area contributed by atoms with Gasteiger partial charge in [-0.3, -0.25) is 0 Å². The Morgan fingerprint density at radius 1 is 0.706 bits per heavy atom. The fraction of sp³-hybridized carbons (Fsp3) is 0.714. The van der Waals surface area contributed by atoms with Crippen LogP contribution < -0.4 is 0 Å². The smallest absolute Gasteiger partial charge is 0.338 e. The second kappa shape index (κ2) is 19.4.